The zero-order chi connectivity index (χ0) is 19.2. The number of hydrogen-bond acceptors (Lipinski definition) is 6. The minimum Gasteiger partial charge on any atom is -0.457 e. The van der Waals surface area contributed by atoms with Crippen LogP contribution in [-0.4, -0.2) is 21.2 Å². The van der Waals surface area contributed by atoms with E-state index in [1.54, 1.807) is 30.5 Å². The minimum absolute atomic E-state index is 0.127. The van der Waals surface area contributed by atoms with Gasteiger partial charge in [0.2, 0.25) is 5.88 Å². The van der Waals surface area contributed by atoms with E-state index in [0.29, 0.717) is 11.3 Å². The Morgan fingerprint density at radius 3 is 2.21 bits per heavy atom. The van der Waals surface area contributed by atoms with Gasteiger partial charge in [-0.3, -0.25) is 4.98 Å². The summed E-state index contributed by atoms with van der Waals surface area (Å²) in [5.41, 5.74) is 1.88. The van der Waals surface area contributed by atoms with Crippen LogP contribution in [0.3, 0.4) is 0 Å². The zero-order valence-electron chi connectivity index (χ0n) is 14.7. The molecular weight excluding hydrogens is 354 g/mol. The molecule has 28 heavy (non-hydrogen) atoms. The van der Waals surface area contributed by atoms with Gasteiger partial charge >= 0.3 is 5.97 Å². The summed E-state index contributed by atoms with van der Waals surface area (Å²) in [4.78, 5) is 15.9. The smallest absolute Gasteiger partial charge is 0.346 e. The molecule has 0 unspecified atom stereocenters. The number of benzene rings is 2. The summed E-state index contributed by atoms with van der Waals surface area (Å²) in [6.07, 6.45) is 3.02. The van der Waals surface area contributed by atoms with E-state index in [2.05, 4.69) is 15.2 Å². The molecule has 0 bridgehead atoms. The van der Waals surface area contributed by atoms with Gasteiger partial charge in [-0.25, -0.2) is 4.79 Å². The van der Waals surface area contributed by atoms with Crippen molar-refractivity contribution in [2.45, 2.75) is 0 Å². The number of nitrogens with zero attached hydrogens (tertiary/aromatic N) is 3. The SMILES string of the molecule is O=C(Oc1ccc(-c2ccc(Oc3ccccc3)cc2)nn1)c1cccnc1. The average molecular weight is 369 g/mol. The van der Waals surface area contributed by atoms with Gasteiger partial charge in [-0.2, -0.15) is 0 Å². The molecule has 0 aliphatic rings. The quantitative estimate of drug-likeness (QED) is 0.481. The second-order valence-electron chi connectivity index (χ2n) is 5.83. The summed E-state index contributed by atoms with van der Waals surface area (Å²) in [6.45, 7) is 0. The number of rotatable bonds is 5. The second-order valence-corrected chi connectivity index (χ2v) is 5.83. The third-order valence-electron chi connectivity index (χ3n) is 3.86. The molecule has 4 rings (SSSR count). The van der Waals surface area contributed by atoms with E-state index in [1.807, 2.05) is 54.6 Å². The molecule has 6 nitrogen and oxygen atoms in total. The summed E-state index contributed by atoms with van der Waals surface area (Å²) in [5, 5.41) is 8.09. The van der Waals surface area contributed by atoms with Crippen LogP contribution in [-0.2, 0) is 0 Å². The molecule has 136 valence electrons. The number of esters is 1. The van der Waals surface area contributed by atoms with E-state index in [0.717, 1.165) is 17.1 Å². The Morgan fingerprint density at radius 2 is 1.54 bits per heavy atom. The molecule has 0 saturated carbocycles. The highest BCUT2D eigenvalue weighted by Gasteiger charge is 2.10. The predicted molar refractivity (Wildman–Crippen MR) is 103 cm³/mol. The molecule has 0 spiro atoms. The number of carbonyl (C=O) groups excluding carboxylic acids is 1. The predicted octanol–water partition coefficient (Wildman–Crippen LogP) is 4.55. The highest BCUT2D eigenvalue weighted by molar-refractivity contribution is 5.90. The molecule has 0 N–H and O–H groups in total. The molecule has 2 heterocycles. The molecule has 0 aliphatic heterocycles. The molecule has 0 aliphatic carbocycles. The van der Waals surface area contributed by atoms with Crippen molar-refractivity contribution in [3.63, 3.8) is 0 Å². The topological polar surface area (TPSA) is 74.2 Å². The molecule has 0 radical (unpaired) electrons. The summed E-state index contributed by atoms with van der Waals surface area (Å²) in [5.74, 6) is 1.10. The Kier molecular flexibility index (Phi) is 5.02. The van der Waals surface area contributed by atoms with E-state index in [1.165, 1.54) is 6.20 Å². The highest BCUT2D eigenvalue weighted by atomic mass is 16.5. The molecule has 2 aromatic heterocycles. The normalized spacial score (nSPS) is 10.3. The lowest BCUT2D eigenvalue weighted by Gasteiger charge is -2.07. The van der Waals surface area contributed by atoms with Crippen LogP contribution in [0.2, 0.25) is 0 Å². The van der Waals surface area contributed by atoms with Gasteiger partial charge in [0.25, 0.3) is 0 Å². The maximum absolute atomic E-state index is 12.0. The summed E-state index contributed by atoms with van der Waals surface area (Å²) in [6, 6.07) is 23.7. The van der Waals surface area contributed by atoms with Gasteiger partial charge in [0.05, 0.1) is 11.3 Å². The molecule has 4 aromatic rings. The van der Waals surface area contributed by atoms with Gasteiger partial charge < -0.3 is 9.47 Å². The first kappa shape index (κ1) is 17.4. The fourth-order valence-corrected chi connectivity index (χ4v) is 2.48. The Balaban J connectivity index is 1.43. The molecular formula is C22H15N3O3. The van der Waals surface area contributed by atoms with Crippen molar-refractivity contribution in [2.75, 3.05) is 0 Å². The van der Waals surface area contributed by atoms with Crippen LogP contribution >= 0.6 is 0 Å². The van der Waals surface area contributed by atoms with E-state index in [4.69, 9.17) is 9.47 Å². The number of para-hydroxylation sites is 1. The maximum Gasteiger partial charge on any atom is 0.346 e. The highest BCUT2D eigenvalue weighted by Crippen LogP contribution is 2.25. The van der Waals surface area contributed by atoms with Crippen molar-refractivity contribution in [3.05, 3.63) is 96.8 Å². The first-order valence-corrected chi connectivity index (χ1v) is 8.57. The van der Waals surface area contributed by atoms with E-state index in [-0.39, 0.29) is 5.88 Å². The molecule has 0 amide bonds. The number of ether oxygens (including phenoxy) is 2. The van der Waals surface area contributed by atoms with E-state index >= 15 is 0 Å². The van der Waals surface area contributed by atoms with Gasteiger partial charge in [-0.05, 0) is 54.6 Å². The van der Waals surface area contributed by atoms with E-state index in [9.17, 15) is 4.79 Å². The van der Waals surface area contributed by atoms with E-state index < -0.39 is 5.97 Å². The number of pyridine rings is 1. The summed E-state index contributed by atoms with van der Waals surface area (Å²) in [7, 11) is 0. The summed E-state index contributed by atoms with van der Waals surface area (Å²) >= 11 is 0. The minimum atomic E-state index is -0.530. The average Bonchev–Trinajstić information content (AvgIpc) is 2.76. The Labute approximate surface area is 161 Å². The fraction of sp³-hybridized carbons (Fsp3) is 0. The molecule has 6 heteroatoms. The van der Waals surface area contributed by atoms with Crippen LogP contribution in [0, 0.1) is 0 Å². The van der Waals surface area contributed by atoms with Crippen molar-refractivity contribution in [1.29, 1.82) is 0 Å². The van der Waals surface area contributed by atoms with Crippen molar-refractivity contribution < 1.29 is 14.3 Å². The van der Waals surface area contributed by atoms with Gasteiger partial charge in [0.15, 0.2) is 0 Å². The molecule has 2 aromatic carbocycles. The van der Waals surface area contributed by atoms with Crippen LogP contribution in [0.15, 0.2) is 91.3 Å². The Morgan fingerprint density at radius 1 is 0.750 bits per heavy atom. The van der Waals surface area contributed by atoms with Crippen molar-refractivity contribution in [2.24, 2.45) is 0 Å². The van der Waals surface area contributed by atoms with Crippen LogP contribution < -0.4 is 9.47 Å². The second kappa shape index (κ2) is 8.09. The first-order chi connectivity index (χ1) is 13.8. The van der Waals surface area contributed by atoms with Crippen LogP contribution in [0.4, 0.5) is 0 Å². The number of aromatic nitrogens is 3. The monoisotopic (exact) mass is 369 g/mol. The zero-order valence-corrected chi connectivity index (χ0v) is 14.7. The van der Waals surface area contributed by atoms with Gasteiger partial charge in [0.1, 0.15) is 11.5 Å². The number of hydrogen-bond donors (Lipinski definition) is 0. The lowest BCUT2D eigenvalue weighted by Crippen LogP contribution is -2.10. The molecule has 0 atom stereocenters. The summed E-state index contributed by atoms with van der Waals surface area (Å²) < 4.78 is 11.0. The lowest BCUT2D eigenvalue weighted by atomic mass is 10.1. The number of carbonyl (C=O) groups is 1. The van der Waals surface area contributed by atoms with Crippen molar-refractivity contribution in [1.82, 2.24) is 15.2 Å². The molecule has 0 saturated heterocycles. The first-order valence-electron chi connectivity index (χ1n) is 8.57. The van der Waals surface area contributed by atoms with Gasteiger partial charge in [-0.15, -0.1) is 10.2 Å². The fourth-order valence-electron chi connectivity index (χ4n) is 2.48. The Bertz CT molecular complexity index is 1050. The van der Waals surface area contributed by atoms with Gasteiger partial charge in [-0.1, -0.05) is 18.2 Å². The van der Waals surface area contributed by atoms with Crippen LogP contribution in [0.5, 0.6) is 17.4 Å². The van der Waals surface area contributed by atoms with Crippen molar-refractivity contribution >= 4 is 5.97 Å². The van der Waals surface area contributed by atoms with Crippen LogP contribution in [0.1, 0.15) is 10.4 Å². The third kappa shape index (κ3) is 4.19. The molecule has 0 fully saturated rings. The largest absolute Gasteiger partial charge is 0.457 e. The van der Waals surface area contributed by atoms with Crippen LogP contribution in [0.25, 0.3) is 11.3 Å². The van der Waals surface area contributed by atoms with Crippen molar-refractivity contribution in [3.8, 4) is 28.6 Å². The van der Waals surface area contributed by atoms with Gasteiger partial charge in [0, 0.05) is 24.0 Å². The Hall–Kier alpha value is -4.06. The third-order valence-corrected chi connectivity index (χ3v) is 3.86. The lowest BCUT2D eigenvalue weighted by molar-refractivity contribution is 0.0725. The standard InChI is InChI=1S/C22H15N3O3/c26-22(17-5-4-14-23-15-17)28-21-13-12-20(24-25-21)16-8-10-19(11-9-16)27-18-6-2-1-3-7-18/h1-15H. The maximum atomic E-state index is 12.0.